The van der Waals surface area contributed by atoms with Crippen LogP contribution in [0.4, 0.5) is 17.5 Å². The highest BCUT2D eigenvalue weighted by Gasteiger charge is 2.46. The number of anilines is 3. The van der Waals surface area contributed by atoms with Gasteiger partial charge in [0.2, 0.25) is 5.95 Å². The Labute approximate surface area is 170 Å². The molecule has 150 valence electrons. The first-order valence-corrected chi connectivity index (χ1v) is 10.5. The average molecular weight is 390 g/mol. The Balaban J connectivity index is 1.41. The van der Waals surface area contributed by atoms with Gasteiger partial charge in [0, 0.05) is 37.9 Å². The van der Waals surface area contributed by atoms with Crippen LogP contribution in [-0.2, 0) is 10.2 Å². The van der Waals surface area contributed by atoms with Gasteiger partial charge in [0.05, 0.1) is 23.0 Å². The molecule has 7 nitrogen and oxygen atoms in total. The lowest BCUT2D eigenvalue weighted by atomic mass is 9.72. The number of hydrogen-bond acceptors (Lipinski definition) is 7. The molecule has 1 aliphatic heterocycles. The van der Waals surface area contributed by atoms with Crippen molar-refractivity contribution in [3.05, 3.63) is 41.9 Å². The largest absolute Gasteiger partial charge is 0.368 e. The molecule has 3 heterocycles. The van der Waals surface area contributed by atoms with E-state index in [1.54, 1.807) is 6.08 Å². The highest BCUT2D eigenvalue weighted by Crippen LogP contribution is 2.46. The zero-order valence-electron chi connectivity index (χ0n) is 16.7. The number of piperazine rings is 1. The molecule has 1 saturated heterocycles. The standard InChI is InChI=1S/C22H26N6O/c1-15-12-18(29)22(6-2-3-7-22)20-17(15)14-25-21(27-20)26-19-5-4-16(13-24-19)28-10-8-23-9-11-28/h4-5,12-14,23H,2-3,6-11H2,1H3,(H,24,25,26,27). The molecule has 1 saturated carbocycles. The highest BCUT2D eigenvalue weighted by molar-refractivity contribution is 6.07. The quantitative estimate of drug-likeness (QED) is 0.834. The minimum Gasteiger partial charge on any atom is -0.368 e. The predicted octanol–water partition coefficient (Wildman–Crippen LogP) is 2.82. The number of hydrogen-bond donors (Lipinski definition) is 2. The zero-order valence-corrected chi connectivity index (χ0v) is 16.7. The number of nitrogens with zero attached hydrogens (tertiary/aromatic N) is 4. The van der Waals surface area contributed by atoms with E-state index < -0.39 is 5.41 Å². The molecule has 2 aromatic heterocycles. The molecular formula is C22H26N6O. The minimum atomic E-state index is -0.464. The SMILES string of the molecule is CC1=CC(=O)C2(CCCC2)c2nc(Nc3ccc(N4CCNCC4)cn3)ncc21. The van der Waals surface area contributed by atoms with Crippen LogP contribution in [0.25, 0.3) is 5.57 Å². The highest BCUT2D eigenvalue weighted by atomic mass is 16.1. The van der Waals surface area contributed by atoms with Crippen molar-refractivity contribution in [3.63, 3.8) is 0 Å². The van der Waals surface area contributed by atoms with Gasteiger partial charge in [-0.1, -0.05) is 12.8 Å². The molecule has 0 atom stereocenters. The Kier molecular flexibility index (Phi) is 4.54. The Bertz CT molecular complexity index is 956. The van der Waals surface area contributed by atoms with Crippen molar-refractivity contribution in [2.75, 3.05) is 36.4 Å². The van der Waals surface area contributed by atoms with E-state index in [2.05, 4.69) is 31.6 Å². The molecule has 3 aliphatic rings. The lowest BCUT2D eigenvalue weighted by molar-refractivity contribution is -0.120. The van der Waals surface area contributed by atoms with Crippen LogP contribution in [0.15, 0.2) is 30.6 Å². The Morgan fingerprint density at radius 1 is 1.10 bits per heavy atom. The van der Waals surface area contributed by atoms with Crippen LogP contribution >= 0.6 is 0 Å². The summed E-state index contributed by atoms with van der Waals surface area (Å²) in [5.41, 5.74) is 3.50. The van der Waals surface area contributed by atoms with Crippen LogP contribution < -0.4 is 15.5 Å². The van der Waals surface area contributed by atoms with Crippen LogP contribution in [0.5, 0.6) is 0 Å². The fraction of sp³-hybridized carbons (Fsp3) is 0.455. The van der Waals surface area contributed by atoms with Crippen LogP contribution in [0.2, 0.25) is 0 Å². The van der Waals surface area contributed by atoms with Gasteiger partial charge in [-0.2, -0.15) is 0 Å². The smallest absolute Gasteiger partial charge is 0.228 e. The fourth-order valence-corrected chi connectivity index (χ4v) is 4.77. The van der Waals surface area contributed by atoms with E-state index in [0.29, 0.717) is 11.8 Å². The third-order valence-electron chi connectivity index (χ3n) is 6.41. The molecule has 0 unspecified atom stereocenters. The first kappa shape index (κ1) is 18.2. The van der Waals surface area contributed by atoms with E-state index >= 15 is 0 Å². The van der Waals surface area contributed by atoms with Gasteiger partial charge >= 0.3 is 0 Å². The Morgan fingerprint density at radius 2 is 1.90 bits per heavy atom. The molecule has 5 rings (SSSR count). The lowest BCUT2D eigenvalue weighted by Crippen LogP contribution is -2.43. The average Bonchev–Trinajstić information content (AvgIpc) is 3.25. The van der Waals surface area contributed by atoms with Crippen molar-refractivity contribution >= 4 is 28.8 Å². The topological polar surface area (TPSA) is 83.0 Å². The van der Waals surface area contributed by atoms with Gasteiger partial charge in [-0.15, -0.1) is 0 Å². The minimum absolute atomic E-state index is 0.197. The zero-order chi connectivity index (χ0) is 19.8. The van der Waals surface area contributed by atoms with E-state index in [9.17, 15) is 4.79 Å². The molecule has 0 amide bonds. The van der Waals surface area contributed by atoms with Gasteiger partial charge in [0.25, 0.3) is 0 Å². The van der Waals surface area contributed by atoms with Gasteiger partial charge in [-0.05, 0) is 43.5 Å². The van der Waals surface area contributed by atoms with Crippen LogP contribution in [-0.4, -0.2) is 46.9 Å². The van der Waals surface area contributed by atoms with Crippen molar-refractivity contribution in [1.82, 2.24) is 20.3 Å². The molecule has 0 bridgehead atoms. The summed E-state index contributed by atoms with van der Waals surface area (Å²) < 4.78 is 0. The number of nitrogens with one attached hydrogen (secondary N) is 2. The summed E-state index contributed by atoms with van der Waals surface area (Å²) in [5.74, 6) is 1.40. The number of fused-ring (bicyclic) bond motifs is 2. The fourth-order valence-electron chi connectivity index (χ4n) is 4.77. The second kappa shape index (κ2) is 7.22. The van der Waals surface area contributed by atoms with Crippen molar-refractivity contribution < 1.29 is 4.79 Å². The number of carbonyl (C=O) groups is 1. The van der Waals surface area contributed by atoms with Gasteiger partial charge in [0.15, 0.2) is 5.78 Å². The maximum absolute atomic E-state index is 12.9. The maximum Gasteiger partial charge on any atom is 0.228 e. The first-order chi connectivity index (χ1) is 14.2. The van der Waals surface area contributed by atoms with E-state index in [1.165, 1.54) is 0 Å². The summed E-state index contributed by atoms with van der Waals surface area (Å²) in [6.45, 7) is 5.94. The summed E-state index contributed by atoms with van der Waals surface area (Å²) >= 11 is 0. The van der Waals surface area contributed by atoms with Gasteiger partial charge < -0.3 is 15.5 Å². The first-order valence-electron chi connectivity index (χ1n) is 10.5. The summed E-state index contributed by atoms with van der Waals surface area (Å²) in [4.78, 5) is 29.1. The molecular weight excluding hydrogens is 364 g/mol. The van der Waals surface area contributed by atoms with Crippen molar-refractivity contribution in [2.45, 2.75) is 38.0 Å². The van der Waals surface area contributed by atoms with Crippen molar-refractivity contribution in [3.8, 4) is 0 Å². The second-order valence-electron chi connectivity index (χ2n) is 8.20. The van der Waals surface area contributed by atoms with E-state index in [-0.39, 0.29) is 5.78 Å². The number of rotatable bonds is 3. The summed E-state index contributed by atoms with van der Waals surface area (Å²) in [6, 6.07) is 4.04. The Hall–Kier alpha value is -2.80. The van der Waals surface area contributed by atoms with Crippen molar-refractivity contribution in [1.29, 1.82) is 0 Å². The van der Waals surface area contributed by atoms with Gasteiger partial charge in [-0.25, -0.2) is 15.0 Å². The van der Waals surface area contributed by atoms with Crippen molar-refractivity contribution in [2.24, 2.45) is 0 Å². The second-order valence-corrected chi connectivity index (χ2v) is 8.20. The number of ketones is 1. The lowest BCUT2D eigenvalue weighted by Gasteiger charge is -2.31. The molecule has 2 N–H and O–H groups in total. The molecule has 29 heavy (non-hydrogen) atoms. The predicted molar refractivity (Wildman–Crippen MR) is 113 cm³/mol. The van der Waals surface area contributed by atoms with Gasteiger partial charge in [-0.3, -0.25) is 4.79 Å². The van der Waals surface area contributed by atoms with Crippen LogP contribution in [0, 0.1) is 0 Å². The number of pyridine rings is 1. The maximum atomic E-state index is 12.9. The van der Waals surface area contributed by atoms with E-state index in [0.717, 1.165) is 74.4 Å². The number of aromatic nitrogens is 3. The summed E-state index contributed by atoms with van der Waals surface area (Å²) in [6.07, 6.45) is 9.40. The normalized spacial score (nSPS) is 20.5. The molecule has 7 heteroatoms. The monoisotopic (exact) mass is 390 g/mol. The molecule has 2 fully saturated rings. The Morgan fingerprint density at radius 3 is 2.62 bits per heavy atom. The number of carbonyl (C=O) groups excluding carboxylic acids is 1. The molecule has 1 spiro atoms. The molecule has 0 radical (unpaired) electrons. The third-order valence-corrected chi connectivity index (χ3v) is 6.41. The summed E-state index contributed by atoms with van der Waals surface area (Å²) in [5, 5.41) is 6.59. The number of allylic oxidation sites excluding steroid dienone is 2. The third kappa shape index (κ3) is 3.19. The molecule has 2 aromatic rings. The molecule has 2 aliphatic carbocycles. The summed E-state index contributed by atoms with van der Waals surface area (Å²) in [7, 11) is 0. The van der Waals surface area contributed by atoms with Crippen LogP contribution in [0.1, 0.15) is 43.9 Å². The molecule has 0 aromatic carbocycles. The van der Waals surface area contributed by atoms with Crippen LogP contribution in [0.3, 0.4) is 0 Å². The van der Waals surface area contributed by atoms with Gasteiger partial charge in [0.1, 0.15) is 5.82 Å². The van der Waals surface area contributed by atoms with E-state index in [1.807, 2.05) is 25.4 Å². The van der Waals surface area contributed by atoms with E-state index in [4.69, 9.17) is 4.98 Å².